The van der Waals surface area contributed by atoms with Gasteiger partial charge in [0, 0.05) is 13.1 Å². The summed E-state index contributed by atoms with van der Waals surface area (Å²) in [5.41, 5.74) is 5.30. The number of nitrogens with two attached hydrogens (primary N) is 1. The normalized spacial score (nSPS) is 19.9. The number of hydrogen-bond acceptors (Lipinski definition) is 3. The first kappa shape index (κ1) is 14.0. The molecule has 0 aromatic rings. The van der Waals surface area contributed by atoms with E-state index in [4.69, 9.17) is 10.8 Å². The fraction of sp³-hybridized carbons (Fsp3) is 0.833. The Hall–Kier alpha value is -1.10. The highest BCUT2D eigenvalue weighted by Crippen LogP contribution is 2.37. The van der Waals surface area contributed by atoms with Crippen molar-refractivity contribution < 1.29 is 14.7 Å². The van der Waals surface area contributed by atoms with Crippen LogP contribution < -0.4 is 11.1 Å². The van der Waals surface area contributed by atoms with Gasteiger partial charge in [-0.2, -0.15) is 0 Å². The number of carbonyl (C=O) groups is 2. The summed E-state index contributed by atoms with van der Waals surface area (Å²) < 4.78 is 0. The van der Waals surface area contributed by atoms with Crippen LogP contribution in [-0.2, 0) is 9.59 Å². The summed E-state index contributed by atoms with van der Waals surface area (Å²) in [4.78, 5) is 22.6. The molecule has 1 unspecified atom stereocenters. The van der Waals surface area contributed by atoms with Crippen LogP contribution in [0.2, 0.25) is 0 Å². The molecule has 1 aliphatic carbocycles. The minimum Gasteiger partial charge on any atom is -0.481 e. The Kier molecular flexibility index (Phi) is 4.93. The third-order valence-corrected chi connectivity index (χ3v) is 3.72. The Morgan fingerprint density at radius 1 is 1.41 bits per heavy atom. The molecular formula is C12H22N2O3. The van der Waals surface area contributed by atoms with Gasteiger partial charge in [0.05, 0.1) is 11.3 Å². The number of carbonyl (C=O) groups excluding carboxylic acids is 1. The van der Waals surface area contributed by atoms with E-state index < -0.39 is 17.3 Å². The molecule has 0 heterocycles. The van der Waals surface area contributed by atoms with Crippen molar-refractivity contribution in [2.45, 2.75) is 39.0 Å². The molecule has 5 heteroatoms. The standard InChI is InChI=1S/C12H22N2O3/c1-9(10(15)16)4-7-14-11(17)12(8-13)5-2-3-6-12/h9H,2-8,13H2,1H3,(H,14,17)(H,15,16). The molecule has 0 spiro atoms. The van der Waals surface area contributed by atoms with E-state index in [1.54, 1.807) is 6.92 Å². The smallest absolute Gasteiger partial charge is 0.306 e. The van der Waals surface area contributed by atoms with E-state index in [9.17, 15) is 9.59 Å². The lowest BCUT2D eigenvalue weighted by molar-refractivity contribution is -0.141. The van der Waals surface area contributed by atoms with Crippen molar-refractivity contribution in [1.29, 1.82) is 0 Å². The highest BCUT2D eigenvalue weighted by molar-refractivity contribution is 5.83. The topological polar surface area (TPSA) is 92.4 Å². The number of carboxylic acids is 1. The SMILES string of the molecule is CC(CCNC(=O)C1(CN)CCCC1)C(=O)O. The van der Waals surface area contributed by atoms with Crippen LogP contribution in [0.3, 0.4) is 0 Å². The number of aliphatic carboxylic acids is 1. The predicted molar refractivity (Wildman–Crippen MR) is 64.4 cm³/mol. The summed E-state index contributed by atoms with van der Waals surface area (Å²) in [6.45, 7) is 2.43. The molecule has 1 rings (SSSR count). The zero-order chi connectivity index (χ0) is 12.9. The Morgan fingerprint density at radius 2 is 2.00 bits per heavy atom. The molecule has 0 aromatic heterocycles. The lowest BCUT2D eigenvalue weighted by atomic mass is 9.85. The van der Waals surface area contributed by atoms with Crippen molar-refractivity contribution in [3.05, 3.63) is 0 Å². The van der Waals surface area contributed by atoms with Crippen molar-refractivity contribution in [3.63, 3.8) is 0 Å². The third-order valence-electron chi connectivity index (χ3n) is 3.72. The van der Waals surface area contributed by atoms with Crippen LogP contribution in [0.4, 0.5) is 0 Å². The lowest BCUT2D eigenvalue weighted by Gasteiger charge is -2.25. The number of carboxylic acid groups (broad SMARTS) is 1. The first-order valence-corrected chi connectivity index (χ1v) is 6.23. The third kappa shape index (κ3) is 3.43. The molecule has 98 valence electrons. The summed E-state index contributed by atoms with van der Waals surface area (Å²) in [6, 6.07) is 0. The van der Waals surface area contributed by atoms with E-state index in [1.165, 1.54) is 0 Å². The zero-order valence-electron chi connectivity index (χ0n) is 10.4. The molecule has 5 nitrogen and oxygen atoms in total. The maximum absolute atomic E-state index is 12.0. The molecule has 0 radical (unpaired) electrons. The van der Waals surface area contributed by atoms with Gasteiger partial charge in [-0.05, 0) is 19.3 Å². The van der Waals surface area contributed by atoms with Gasteiger partial charge < -0.3 is 16.2 Å². The van der Waals surface area contributed by atoms with Crippen molar-refractivity contribution >= 4 is 11.9 Å². The number of nitrogens with one attached hydrogen (secondary N) is 1. The average molecular weight is 242 g/mol. The second-order valence-electron chi connectivity index (χ2n) is 4.98. The Balaban J connectivity index is 2.36. The van der Waals surface area contributed by atoms with E-state index in [1.807, 2.05) is 0 Å². The largest absolute Gasteiger partial charge is 0.481 e. The van der Waals surface area contributed by atoms with Crippen LogP contribution in [0.25, 0.3) is 0 Å². The van der Waals surface area contributed by atoms with Gasteiger partial charge in [-0.15, -0.1) is 0 Å². The molecule has 0 bridgehead atoms. The minimum absolute atomic E-state index is 0.00455. The van der Waals surface area contributed by atoms with E-state index in [-0.39, 0.29) is 5.91 Å². The van der Waals surface area contributed by atoms with Gasteiger partial charge >= 0.3 is 5.97 Å². The molecule has 1 fully saturated rings. The van der Waals surface area contributed by atoms with Gasteiger partial charge in [-0.25, -0.2) is 0 Å². The fourth-order valence-corrected chi connectivity index (χ4v) is 2.29. The zero-order valence-corrected chi connectivity index (χ0v) is 10.4. The summed E-state index contributed by atoms with van der Waals surface area (Å²) in [5, 5.41) is 11.5. The van der Waals surface area contributed by atoms with E-state index in [0.29, 0.717) is 19.5 Å². The van der Waals surface area contributed by atoms with Crippen molar-refractivity contribution in [3.8, 4) is 0 Å². The molecule has 1 amide bonds. The van der Waals surface area contributed by atoms with Crippen molar-refractivity contribution in [2.75, 3.05) is 13.1 Å². The monoisotopic (exact) mass is 242 g/mol. The molecule has 0 saturated heterocycles. The van der Waals surface area contributed by atoms with Gasteiger partial charge in [-0.1, -0.05) is 19.8 Å². The summed E-state index contributed by atoms with van der Waals surface area (Å²) in [5.74, 6) is -1.25. The van der Waals surface area contributed by atoms with Gasteiger partial charge in [0.25, 0.3) is 0 Å². The molecular weight excluding hydrogens is 220 g/mol. The van der Waals surface area contributed by atoms with Crippen LogP contribution in [0, 0.1) is 11.3 Å². The van der Waals surface area contributed by atoms with Crippen LogP contribution in [0.1, 0.15) is 39.0 Å². The number of amides is 1. The summed E-state index contributed by atoms with van der Waals surface area (Å²) >= 11 is 0. The van der Waals surface area contributed by atoms with Crippen LogP contribution >= 0.6 is 0 Å². The molecule has 17 heavy (non-hydrogen) atoms. The lowest BCUT2D eigenvalue weighted by Crippen LogP contribution is -2.44. The second kappa shape index (κ2) is 6.00. The highest BCUT2D eigenvalue weighted by atomic mass is 16.4. The van der Waals surface area contributed by atoms with E-state index in [2.05, 4.69) is 5.32 Å². The van der Waals surface area contributed by atoms with Crippen LogP contribution in [0.15, 0.2) is 0 Å². The Morgan fingerprint density at radius 3 is 2.47 bits per heavy atom. The molecule has 1 atom stereocenters. The Bertz CT molecular complexity index is 285. The minimum atomic E-state index is -0.825. The van der Waals surface area contributed by atoms with Crippen molar-refractivity contribution in [1.82, 2.24) is 5.32 Å². The summed E-state index contributed by atoms with van der Waals surface area (Å²) in [6.07, 6.45) is 4.27. The summed E-state index contributed by atoms with van der Waals surface area (Å²) in [7, 11) is 0. The maximum atomic E-state index is 12.0. The second-order valence-corrected chi connectivity index (χ2v) is 4.98. The van der Waals surface area contributed by atoms with Crippen molar-refractivity contribution in [2.24, 2.45) is 17.1 Å². The van der Waals surface area contributed by atoms with Crippen LogP contribution in [0.5, 0.6) is 0 Å². The molecule has 0 aromatic carbocycles. The first-order valence-electron chi connectivity index (χ1n) is 6.23. The highest BCUT2D eigenvalue weighted by Gasteiger charge is 2.39. The van der Waals surface area contributed by atoms with Gasteiger partial charge in [0.15, 0.2) is 0 Å². The average Bonchev–Trinajstić information content (AvgIpc) is 2.78. The van der Waals surface area contributed by atoms with E-state index >= 15 is 0 Å². The van der Waals surface area contributed by atoms with Gasteiger partial charge in [-0.3, -0.25) is 9.59 Å². The maximum Gasteiger partial charge on any atom is 0.306 e. The predicted octanol–water partition coefficient (Wildman–Crippen LogP) is 0.733. The Labute approximate surface area is 102 Å². The number of rotatable bonds is 6. The van der Waals surface area contributed by atoms with E-state index in [0.717, 1.165) is 25.7 Å². The molecule has 0 aliphatic heterocycles. The van der Waals surface area contributed by atoms with Crippen LogP contribution in [-0.4, -0.2) is 30.1 Å². The quantitative estimate of drug-likeness (QED) is 0.640. The van der Waals surface area contributed by atoms with Gasteiger partial charge in [0.2, 0.25) is 5.91 Å². The first-order chi connectivity index (χ1) is 8.02. The molecule has 1 saturated carbocycles. The number of hydrogen-bond donors (Lipinski definition) is 3. The molecule has 4 N–H and O–H groups in total. The van der Waals surface area contributed by atoms with Gasteiger partial charge in [0.1, 0.15) is 0 Å². The fourth-order valence-electron chi connectivity index (χ4n) is 2.29. The molecule has 1 aliphatic rings.